The fourth-order valence-electron chi connectivity index (χ4n) is 1.58. The van der Waals surface area contributed by atoms with Crippen LogP contribution in [0.5, 0.6) is 5.75 Å². The molecule has 0 bridgehead atoms. The van der Waals surface area contributed by atoms with Crippen molar-refractivity contribution in [1.82, 2.24) is 5.32 Å². The molecule has 5 nitrogen and oxygen atoms in total. The molecule has 1 saturated heterocycles. The lowest BCUT2D eigenvalue weighted by Crippen LogP contribution is -2.27. The molecule has 0 aliphatic carbocycles. The summed E-state index contributed by atoms with van der Waals surface area (Å²) in [6, 6.07) is 6.98. The molecule has 1 aliphatic rings. The van der Waals surface area contributed by atoms with E-state index in [0.29, 0.717) is 15.8 Å². The molecule has 19 heavy (non-hydrogen) atoms. The highest BCUT2D eigenvalue weighted by Gasteiger charge is 2.30. The van der Waals surface area contributed by atoms with Crippen LogP contribution in [0, 0.1) is 0 Å². The zero-order valence-electron chi connectivity index (χ0n) is 10.1. The van der Waals surface area contributed by atoms with Gasteiger partial charge in [0.15, 0.2) is 0 Å². The smallest absolute Gasteiger partial charge is 0.239 e. The van der Waals surface area contributed by atoms with Crippen molar-refractivity contribution in [3.05, 3.63) is 24.3 Å². The third kappa shape index (κ3) is 3.68. The first kappa shape index (κ1) is 13.8. The van der Waals surface area contributed by atoms with Crippen LogP contribution >= 0.6 is 24.0 Å². The second-order valence-electron chi connectivity index (χ2n) is 3.86. The van der Waals surface area contributed by atoms with E-state index in [1.54, 1.807) is 31.4 Å². The van der Waals surface area contributed by atoms with Gasteiger partial charge in [0.2, 0.25) is 11.8 Å². The molecule has 0 radical (unpaired) electrons. The summed E-state index contributed by atoms with van der Waals surface area (Å²) in [5.74, 6) is 0.288. The average Bonchev–Trinajstić information content (AvgIpc) is 2.68. The van der Waals surface area contributed by atoms with Crippen LogP contribution in [0.3, 0.4) is 0 Å². The lowest BCUT2D eigenvalue weighted by molar-refractivity contribution is -0.122. The second-order valence-corrected chi connectivity index (χ2v) is 5.74. The number of nitrogens with one attached hydrogen (secondary N) is 2. The molecule has 1 heterocycles. The van der Waals surface area contributed by atoms with Crippen molar-refractivity contribution in [2.45, 2.75) is 11.7 Å². The van der Waals surface area contributed by atoms with Gasteiger partial charge in [0, 0.05) is 12.1 Å². The Kier molecular flexibility index (Phi) is 4.39. The number of thiocarbonyl (C=S) groups is 1. The van der Waals surface area contributed by atoms with Gasteiger partial charge in [-0.1, -0.05) is 24.0 Å². The van der Waals surface area contributed by atoms with Gasteiger partial charge in [-0.3, -0.25) is 9.59 Å². The normalized spacial score (nSPS) is 18.1. The highest BCUT2D eigenvalue weighted by molar-refractivity contribution is 8.24. The number of methoxy groups -OCH3 is 1. The fourth-order valence-corrected chi connectivity index (χ4v) is 2.85. The van der Waals surface area contributed by atoms with Crippen LogP contribution in [0.1, 0.15) is 6.42 Å². The molecule has 7 heteroatoms. The summed E-state index contributed by atoms with van der Waals surface area (Å²) < 4.78 is 5.45. The number of amides is 2. The Morgan fingerprint density at radius 1 is 1.47 bits per heavy atom. The van der Waals surface area contributed by atoms with Crippen LogP contribution in [0.2, 0.25) is 0 Å². The Morgan fingerprint density at radius 2 is 2.16 bits per heavy atom. The molecule has 0 aromatic heterocycles. The van der Waals surface area contributed by atoms with Gasteiger partial charge >= 0.3 is 0 Å². The Labute approximate surface area is 120 Å². The molecule has 1 aromatic carbocycles. The molecule has 1 fully saturated rings. The number of anilines is 1. The quantitative estimate of drug-likeness (QED) is 0.825. The summed E-state index contributed by atoms with van der Waals surface area (Å²) in [6.45, 7) is 0. The van der Waals surface area contributed by atoms with E-state index >= 15 is 0 Å². The van der Waals surface area contributed by atoms with E-state index in [0.717, 1.165) is 0 Å². The van der Waals surface area contributed by atoms with Crippen LogP contribution in [0.15, 0.2) is 24.3 Å². The second kappa shape index (κ2) is 6.03. The zero-order valence-corrected chi connectivity index (χ0v) is 11.8. The van der Waals surface area contributed by atoms with E-state index in [-0.39, 0.29) is 18.2 Å². The van der Waals surface area contributed by atoms with Crippen molar-refractivity contribution in [2.24, 2.45) is 0 Å². The number of carbonyl (C=O) groups is 2. The first-order valence-corrected chi connectivity index (χ1v) is 6.82. The largest absolute Gasteiger partial charge is 0.497 e. The number of benzene rings is 1. The van der Waals surface area contributed by atoms with Crippen LogP contribution in [0.25, 0.3) is 0 Å². The van der Waals surface area contributed by atoms with Crippen molar-refractivity contribution < 1.29 is 14.3 Å². The first-order chi connectivity index (χ1) is 9.08. The molecule has 2 amide bonds. The van der Waals surface area contributed by atoms with Crippen LogP contribution < -0.4 is 15.4 Å². The molecular formula is C12H12N2O3S2. The minimum absolute atomic E-state index is 0.0999. The molecule has 1 aromatic rings. The molecule has 100 valence electrons. The van der Waals surface area contributed by atoms with Gasteiger partial charge in [0.05, 0.1) is 12.4 Å². The van der Waals surface area contributed by atoms with Crippen LogP contribution in [0.4, 0.5) is 5.69 Å². The summed E-state index contributed by atoms with van der Waals surface area (Å²) in [7, 11) is 1.58. The topological polar surface area (TPSA) is 67.4 Å². The van der Waals surface area contributed by atoms with E-state index < -0.39 is 5.25 Å². The Hall–Kier alpha value is -1.60. The lowest BCUT2D eigenvalue weighted by atomic mass is 10.2. The number of hydrogen-bond donors (Lipinski definition) is 2. The van der Waals surface area contributed by atoms with E-state index in [2.05, 4.69) is 10.6 Å². The Morgan fingerprint density at radius 3 is 2.68 bits per heavy atom. The van der Waals surface area contributed by atoms with Crippen LogP contribution in [-0.4, -0.2) is 28.5 Å². The van der Waals surface area contributed by atoms with Gasteiger partial charge in [0.1, 0.15) is 10.1 Å². The maximum atomic E-state index is 11.8. The minimum Gasteiger partial charge on any atom is -0.497 e. The van der Waals surface area contributed by atoms with E-state index in [1.807, 2.05) is 0 Å². The van der Waals surface area contributed by atoms with Crippen molar-refractivity contribution in [3.63, 3.8) is 0 Å². The molecule has 0 saturated carbocycles. The molecule has 0 spiro atoms. The van der Waals surface area contributed by atoms with Crippen molar-refractivity contribution in [3.8, 4) is 5.75 Å². The number of carbonyl (C=O) groups excluding carboxylic acids is 2. The highest BCUT2D eigenvalue weighted by Crippen LogP contribution is 2.23. The molecule has 1 atom stereocenters. The van der Waals surface area contributed by atoms with Crippen molar-refractivity contribution in [1.29, 1.82) is 0 Å². The Bertz CT molecular complexity index is 516. The van der Waals surface area contributed by atoms with Gasteiger partial charge in [-0.2, -0.15) is 0 Å². The average molecular weight is 296 g/mol. The summed E-state index contributed by atoms with van der Waals surface area (Å²) in [5, 5.41) is 4.80. The van der Waals surface area contributed by atoms with Gasteiger partial charge in [-0.25, -0.2) is 0 Å². The highest BCUT2D eigenvalue weighted by atomic mass is 32.2. The standard InChI is InChI=1S/C12H12N2O3S2/c1-17-8-4-2-7(3-5-8)13-10(15)6-9-11(16)14-12(18)19-9/h2-5,9H,6H2,1H3,(H,13,15)(H,14,16,18)/t9-/m0/s1. The van der Waals surface area contributed by atoms with E-state index in [1.165, 1.54) is 11.8 Å². The SMILES string of the molecule is COc1ccc(NC(=O)C[C@@H]2SC(=S)NC2=O)cc1. The summed E-state index contributed by atoms with van der Waals surface area (Å²) in [4.78, 5) is 23.2. The van der Waals surface area contributed by atoms with Gasteiger partial charge in [0.25, 0.3) is 0 Å². The molecular weight excluding hydrogens is 284 g/mol. The lowest BCUT2D eigenvalue weighted by Gasteiger charge is -2.08. The van der Waals surface area contributed by atoms with Gasteiger partial charge < -0.3 is 15.4 Å². The summed E-state index contributed by atoms with van der Waals surface area (Å²) >= 11 is 6.08. The fraction of sp³-hybridized carbons (Fsp3) is 0.250. The minimum atomic E-state index is -0.439. The predicted octanol–water partition coefficient (Wildman–Crippen LogP) is 1.54. The monoisotopic (exact) mass is 296 g/mol. The molecule has 2 N–H and O–H groups in total. The summed E-state index contributed by atoms with van der Waals surface area (Å²) in [5.41, 5.74) is 0.664. The van der Waals surface area contributed by atoms with E-state index in [4.69, 9.17) is 17.0 Å². The third-order valence-electron chi connectivity index (χ3n) is 2.51. The first-order valence-electron chi connectivity index (χ1n) is 5.54. The molecule has 2 rings (SSSR count). The number of hydrogen-bond acceptors (Lipinski definition) is 5. The van der Waals surface area contributed by atoms with E-state index in [9.17, 15) is 9.59 Å². The van der Waals surface area contributed by atoms with Crippen molar-refractivity contribution in [2.75, 3.05) is 12.4 Å². The molecule has 1 aliphatic heterocycles. The van der Waals surface area contributed by atoms with Crippen LogP contribution in [-0.2, 0) is 9.59 Å². The maximum Gasteiger partial charge on any atom is 0.239 e. The number of rotatable bonds is 4. The van der Waals surface area contributed by atoms with Gasteiger partial charge in [-0.05, 0) is 24.3 Å². The van der Waals surface area contributed by atoms with Crippen molar-refractivity contribution >= 4 is 45.8 Å². The van der Waals surface area contributed by atoms with Gasteiger partial charge in [-0.15, -0.1) is 0 Å². The maximum absolute atomic E-state index is 11.8. The summed E-state index contributed by atoms with van der Waals surface area (Å²) in [6.07, 6.45) is 0.0999. The molecule has 0 unspecified atom stereocenters. The number of ether oxygens (including phenoxy) is 1. The third-order valence-corrected chi connectivity index (χ3v) is 3.88. The number of thioether (sulfide) groups is 1. The predicted molar refractivity (Wildman–Crippen MR) is 78.4 cm³/mol. The Balaban J connectivity index is 1.90. The zero-order chi connectivity index (χ0) is 13.8.